The van der Waals surface area contributed by atoms with Crippen LogP contribution in [0.2, 0.25) is 0 Å². The first kappa shape index (κ1) is 14.6. The summed E-state index contributed by atoms with van der Waals surface area (Å²) in [6.07, 6.45) is 2.48. The Balaban J connectivity index is 2.79. The number of carbonyl (C=O) groups excluding carboxylic acids is 2. The Morgan fingerprint density at radius 3 is 2.44 bits per heavy atom. The number of aromatic nitrogens is 1. The second-order valence-corrected chi connectivity index (χ2v) is 4.53. The topological polar surface area (TPSA) is 65.5 Å². The molecule has 6 heteroatoms. The molecule has 18 heavy (non-hydrogen) atoms. The van der Waals surface area contributed by atoms with Gasteiger partial charge >= 0.3 is 11.9 Å². The summed E-state index contributed by atoms with van der Waals surface area (Å²) < 4.78 is 9.93. The lowest BCUT2D eigenvalue weighted by Crippen LogP contribution is -2.13. The highest BCUT2D eigenvalue weighted by atomic mass is 79.9. The van der Waals surface area contributed by atoms with Crippen molar-refractivity contribution in [2.75, 3.05) is 11.9 Å². The molecule has 0 saturated heterocycles. The average Bonchev–Trinajstić information content (AvgIpc) is 2.35. The Morgan fingerprint density at radius 1 is 1.28 bits per heavy atom. The predicted octanol–water partition coefficient (Wildman–Crippen LogP) is 2.20. The van der Waals surface area contributed by atoms with E-state index in [-0.39, 0.29) is 23.8 Å². The summed E-state index contributed by atoms with van der Waals surface area (Å²) in [5, 5.41) is 0.557. The third-order valence-electron chi connectivity index (χ3n) is 1.86. The number of carbonyl (C=O) groups is 2. The van der Waals surface area contributed by atoms with E-state index in [0.29, 0.717) is 5.33 Å². The molecule has 0 N–H and O–H groups in total. The van der Waals surface area contributed by atoms with Crippen LogP contribution in [0.4, 0.5) is 0 Å². The van der Waals surface area contributed by atoms with E-state index < -0.39 is 11.9 Å². The molecule has 0 atom stereocenters. The average molecular weight is 316 g/mol. The van der Waals surface area contributed by atoms with Gasteiger partial charge in [0.15, 0.2) is 0 Å². The third-order valence-corrected chi connectivity index (χ3v) is 2.19. The molecule has 0 fully saturated rings. The number of hydrogen-bond acceptors (Lipinski definition) is 5. The van der Waals surface area contributed by atoms with Crippen LogP contribution in [0, 0.1) is 0 Å². The van der Waals surface area contributed by atoms with Crippen molar-refractivity contribution >= 4 is 27.9 Å². The van der Waals surface area contributed by atoms with Gasteiger partial charge in [-0.3, -0.25) is 4.98 Å². The zero-order valence-corrected chi connectivity index (χ0v) is 11.8. The molecule has 98 valence electrons. The van der Waals surface area contributed by atoms with E-state index in [4.69, 9.17) is 9.47 Å². The Labute approximate surface area is 114 Å². The summed E-state index contributed by atoms with van der Waals surface area (Å²) in [5.41, 5.74) is 0.464. The molecule has 1 rings (SSSR count). The lowest BCUT2D eigenvalue weighted by Gasteiger charge is -2.08. The highest BCUT2D eigenvalue weighted by Crippen LogP contribution is 2.07. The van der Waals surface area contributed by atoms with Crippen LogP contribution in [0.3, 0.4) is 0 Å². The number of esters is 2. The smallest absolute Gasteiger partial charge is 0.339 e. The van der Waals surface area contributed by atoms with Crippen LogP contribution >= 0.6 is 15.9 Å². The first-order valence-corrected chi connectivity index (χ1v) is 6.56. The maximum Gasteiger partial charge on any atom is 0.339 e. The molecule has 0 bridgehead atoms. The minimum absolute atomic E-state index is 0.221. The van der Waals surface area contributed by atoms with E-state index in [1.165, 1.54) is 18.5 Å². The van der Waals surface area contributed by atoms with Crippen LogP contribution in [0.5, 0.6) is 0 Å². The number of nitrogens with zero attached hydrogens (tertiary/aromatic N) is 1. The predicted molar refractivity (Wildman–Crippen MR) is 68.9 cm³/mol. The number of alkyl halides is 1. The maximum absolute atomic E-state index is 11.6. The summed E-state index contributed by atoms with van der Waals surface area (Å²) in [5.74, 6) is -1.02. The van der Waals surface area contributed by atoms with Gasteiger partial charge in [-0.25, -0.2) is 9.59 Å². The van der Waals surface area contributed by atoms with Crippen LogP contribution in [0.25, 0.3) is 0 Å². The largest absolute Gasteiger partial charge is 0.461 e. The molecule has 0 unspecified atom stereocenters. The summed E-state index contributed by atoms with van der Waals surface area (Å²) in [7, 11) is 0. The fraction of sp³-hybridized carbons (Fsp3) is 0.417. The molecule has 0 aliphatic rings. The van der Waals surface area contributed by atoms with Crippen molar-refractivity contribution in [1.82, 2.24) is 4.98 Å². The zero-order valence-electron chi connectivity index (χ0n) is 10.2. The number of halogens is 1. The van der Waals surface area contributed by atoms with Crippen LogP contribution in [-0.2, 0) is 9.47 Å². The van der Waals surface area contributed by atoms with Crippen molar-refractivity contribution in [3.63, 3.8) is 0 Å². The molecule has 0 amide bonds. The van der Waals surface area contributed by atoms with Gasteiger partial charge in [-0.15, -0.1) is 0 Å². The summed E-state index contributed by atoms with van der Waals surface area (Å²) >= 11 is 3.15. The maximum atomic E-state index is 11.6. The van der Waals surface area contributed by atoms with Gasteiger partial charge in [-0.1, -0.05) is 15.9 Å². The summed E-state index contributed by atoms with van der Waals surface area (Å²) in [6, 6.07) is 1.41. The number of pyridine rings is 1. The Morgan fingerprint density at radius 2 is 1.89 bits per heavy atom. The summed E-state index contributed by atoms with van der Waals surface area (Å²) in [4.78, 5) is 27.0. The fourth-order valence-corrected chi connectivity index (χ4v) is 1.32. The molecule has 0 aliphatic carbocycles. The van der Waals surface area contributed by atoms with Gasteiger partial charge in [0, 0.05) is 17.7 Å². The van der Waals surface area contributed by atoms with Crippen LogP contribution in [0.15, 0.2) is 18.5 Å². The van der Waals surface area contributed by atoms with Gasteiger partial charge < -0.3 is 9.47 Å². The second kappa shape index (κ2) is 7.10. The molecule has 0 saturated carbocycles. The number of hydrogen-bond donors (Lipinski definition) is 0. The van der Waals surface area contributed by atoms with Gasteiger partial charge in [0.1, 0.15) is 6.61 Å². The highest BCUT2D eigenvalue weighted by molar-refractivity contribution is 9.09. The first-order chi connectivity index (χ1) is 8.54. The van der Waals surface area contributed by atoms with Crippen LogP contribution in [-0.4, -0.2) is 35.0 Å². The van der Waals surface area contributed by atoms with Crippen molar-refractivity contribution in [3.8, 4) is 0 Å². The van der Waals surface area contributed by atoms with E-state index in [2.05, 4.69) is 20.9 Å². The van der Waals surface area contributed by atoms with E-state index in [9.17, 15) is 9.59 Å². The van der Waals surface area contributed by atoms with E-state index in [1.807, 2.05) is 0 Å². The van der Waals surface area contributed by atoms with Crippen LogP contribution < -0.4 is 0 Å². The Bertz CT molecular complexity index is 434. The molecular weight excluding hydrogens is 302 g/mol. The van der Waals surface area contributed by atoms with Crippen LogP contribution in [0.1, 0.15) is 34.6 Å². The van der Waals surface area contributed by atoms with E-state index in [1.54, 1.807) is 13.8 Å². The molecule has 1 aromatic heterocycles. The fourth-order valence-electron chi connectivity index (χ4n) is 1.16. The standard InChI is InChI=1S/C12H14BrNO4/c1-8(2)18-12(16)10-5-9(6-14-7-10)11(15)17-4-3-13/h5-8H,3-4H2,1-2H3. The zero-order chi connectivity index (χ0) is 13.5. The molecular formula is C12H14BrNO4. The van der Waals surface area contributed by atoms with Crippen molar-refractivity contribution in [2.24, 2.45) is 0 Å². The first-order valence-electron chi connectivity index (χ1n) is 5.43. The van der Waals surface area contributed by atoms with Gasteiger partial charge in [0.2, 0.25) is 0 Å². The van der Waals surface area contributed by atoms with Gasteiger partial charge in [0.05, 0.1) is 17.2 Å². The van der Waals surface area contributed by atoms with Crippen molar-refractivity contribution in [3.05, 3.63) is 29.6 Å². The monoisotopic (exact) mass is 315 g/mol. The second-order valence-electron chi connectivity index (χ2n) is 3.74. The van der Waals surface area contributed by atoms with Gasteiger partial charge in [-0.2, -0.15) is 0 Å². The number of ether oxygens (including phenoxy) is 2. The Kier molecular flexibility index (Phi) is 5.77. The van der Waals surface area contributed by atoms with Gasteiger partial charge in [-0.05, 0) is 19.9 Å². The Hall–Kier alpha value is -1.43. The molecule has 0 aromatic carbocycles. The SMILES string of the molecule is CC(C)OC(=O)c1cncc(C(=O)OCCBr)c1. The quantitative estimate of drug-likeness (QED) is 0.615. The van der Waals surface area contributed by atoms with E-state index in [0.717, 1.165) is 0 Å². The third kappa shape index (κ3) is 4.44. The minimum Gasteiger partial charge on any atom is -0.461 e. The van der Waals surface area contributed by atoms with Crippen molar-refractivity contribution in [2.45, 2.75) is 20.0 Å². The lowest BCUT2D eigenvalue weighted by atomic mass is 10.2. The molecule has 5 nitrogen and oxygen atoms in total. The van der Waals surface area contributed by atoms with E-state index >= 15 is 0 Å². The van der Waals surface area contributed by atoms with Crippen molar-refractivity contribution in [1.29, 1.82) is 0 Å². The lowest BCUT2D eigenvalue weighted by molar-refractivity contribution is 0.0377. The molecule has 1 aromatic rings. The van der Waals surface area contributed by atoms with Crippen molar-refractivity contribution < 1.29 is 19.1 Å². The molecule has 1 heterocycles. The molecule has 0 radical (unpaired) electrons. The molecule has 0 spiro atoms. The van der Waals surface area contributed by atoms with Gasteiger partial charge in [0.25, 0.3) is 0 Å². The normalized spacial score (nSPS) is 10.2. The number of rotatable bonds is 5. The summed E-state index contributed by atoms with van der Waals surface area (Å²) in [6.45, 7) is 3.76. The minimum atomic E-state index is -0.513. The highest BCUT2D eigenvalue weighted by Gasteiger charge is 2.14. The molecule has 0 aliphatic heterocycles.